The fourth-order valence-corrected chi connectivity index (χ4v) is 1.40. The molecule has 1 nitrogen and oxygen atoms in total. The Labute approximate surface area is 80.9 Å². The topological polar surface area (TPSA) is 9.23 Å². The lowest BCUT2D eigenvalue weighted by atomic mass is 10.2. The zero-order valence-electron chi connectivity index (χ0n) is 6.73. The molecule has 0 aliphatic carbocycles. The van der Waals surface area contributed by atoms with E-state index in [-0.39, 0.29) is 0 Å². The third kappa shape index (κ3) is 2.09. The molecule has 60 valence electrons. The number of halogens is 1. The SMILES string of the molecule is CCOc1cccc(C)c1I. The van der Waals surface area contributed by atoms with Crippen molar-refractivity contribution in [1.29, 1.82) is 0 Å². The van der Waals surface area contributed by atoms with E-state index < -0.39 is 0 Å². The molecule has 0 aliphatic rings. The lowest BCUT2D eigenvalue weighted by Crippen LogP contribution is -1.94. The van der Waals surface area contributed by atoms with Crippen LogP contribution in [0.3, 0.4) is 0 Å². The molecule has 0 radical (unpaired) electrons. The average molecular weight is 262 g/mol. The lowest BCUT2D eigenvalue weighted by molar-refractivity contribution is 0.337. The summed E-state index contributed by atoms with van der Waals surface area (Å²) in [4.78, 5) is 0. The van der Waals surface area contributed by atoms with Crippen molar-refractivity contribution in [3.05, 3.63) is 27.3 Å². The van der Waals surface area contributed by atoms with Crippen LogP contribution in [-0.2, 0) is 0 Å². The first kappa shape index (κ1) is 8.84. The van der Waals surface area contributed by atoms with Gasteiger partial charge in [0, 0.05) is 0 Å². The van der Waals surface area contributed by atoms with Crippen molar-refractivity contribution in [2.75, 3.05) is 6.61 Å². The molecule has 0 spiro atoms. The Balaban J connectivity index is 2.96. The molecule has 0 unspecified atom stereocenters. The molecule has 11 heavy (non-hydrogen) atoms. The zero-order valence-corrected chi connectivity index (χ0v) is 8.88. The number of hydrogen-bond donors (Lipinski definition) is 0. The predicted octanol–water partition coefficient (Wildman–Crippen LogP) is 3.00. The van der Waals surface area contributed by atoms with Crippen LogP contribution in [0.4, 0.5) is 0 Å². The van der Waals surface area contributed by atoms with E-state index >= 15 is 0 Å². The maximum Gasteiger partial charge on any atom is 0.132 e. The van der Waals surface area contributed by atoms with Gasteiger partial charge in [0.1, 0.15) is 5.75 Å². The van der Waals surface area contributed by atoms with E-state index in [1.165, 1.54) is 9.13 Å². The maximum absolute atomic E-state index is 5.41. The quantitative estimate of drug-likeness (QED) is 0.744. The monoisotopic (exact) mass is 262 g/mol. The second-order valence-electron chi connectivity index (χ2n) is 2.32. The molecule has 0 aliphatic heterocycles. The summed E-state index contributed by atoms with van der Waals surface area (Å²) in [6, 6.07) is 6.10. The Morgan fingerprint density at radius 1 is 1.45 bits per heavy atom. The van der Waals surface area contributed by atoms with Crippen molar-refractivity contribution in [3.8, 4) is 5.75 Å². The van der Waals surface area contributed by atoms with Gasteiger partial charge in [-0.2, -0.15) is 0 Å². The summed E-state index contributed by atoms with van der Waals surface area (Å²) in [5.41, 5.74) is 1.27. The minimum absolute atomic E-state index is 0.736. The normalized spacial score (nSPS) is 9.73. The molecule has 0 aromatic heterocycles. The van der Waals surface area contributed by atoms with Crippen LogP contribution in [0, 0.1) is 10.5 Å². The van der Waals surface area contributed by atoms with E-state index in [0.29, 0.717) is 0 Å². The molecule has 1 aromatic rings. The summed E-state index contributed by atoms with van der Waals surface area (Å²) in [6.45, 7) is 4.82. The molecule has 0 atom stereocenters. The van der Waals surface area contributed by atoms with Crippen LogP contribution in [-0.4, -0.2) is 6.61 Å². The number of hydrogen-bond acceptors (Lipinski definition) is 1. The molecule has 0 N–H and O–H groups in total. The van der Waals surface area contributed by atoms with Gasteiger partial charge in [-0.15, -0.1) is 0 Å². The van der Waals surface area contributed by atoms with Crippen LogP contribution in [0.25, 0.3) is 0 Å². The first-order valence-electron chi connectivity index (χ1n) is 3.63. The second-order valence-corrected chi connectivity index (χ2v) is 3.40. The number of ether oxygens (including phenoxy) is 1. The second kappa shape index (κ2) is 3.95. The third-order valence-electron chi connectivity index (χ3n) is 1.46. The Bertz CT molecular complexity index is 245. The van der Waals surface area contributed by atoms with Gasteiger partial charge in [-0.3, -0.25) is 0 Å². The smallest absolute Gasteiger partial charge is 0.132 e. The molecule has 0 amide bonds. The molecule has 1 aromatic carbocycles. The Kier molecular flexibility index (Phi) is 3.17. The molecule has 0 fully saturated rings. The Morgan fingerprint density at radius 2 is 2.18 bits per heavy atom. The summed E-state index contributed by atoms with van der Waals surface area (Å²) in [6.07, 6.45) is 0. The van der Waals surface area contributed by atoms with Crippen molar-refractivity contribution in [2.45, 2.75) is 13.8 Å². The van der Waals surface area contributed by atoms with E-state index in [1.807, 2.05) is 19.1 Å². The van der Waals surface area contributed by atoms with Gasteiger partial charge in [-0.05, 0) is 48.1 Å². The third-order valence-corrected chi connectivity index (χ3v) is 2.84. The Morgan fingerprint density at radius 3 is 2.82 bits per heavy atom. The van der Waals surface area contributed by atoms with Crippen molar-refractivity contribution in [3.63, 3.8) is 0 Å². The van der Waals surface area contributed by atoms with E-state index in [2.05, 4.69) is 35.6 Å². The largest absolute Gasteiger partial charge is 0.493 e. The van der Waals surface area contributed by atoms with Crippen LogP contribution in [0.2, 0.25) is 0 Å². The minimum atomic E-state index is 0.736. The summed E-state index contributed by atoms with van der Waals surface area (Å²) < 4.78 is 6.62. The molecule has 0 saturated carbocycles. The summed E-state index contributed by atoms with van der Waals surface area (Å²) in [7, 11) is 0. The highest BCUT2D eigenvalue weighted by Gasteiger charge is 2.00. The first-order valence-corrected chi connectivity index (χ1v) is 4.71. The highest BCUT2D eigenvalue weighted by atomic mass is 127. The molecule has 0 bridgehead atoms. The van der Waals surface area contributed by atoms with Gasteiger partial charge >= 0.3 is 0 Å². The maximum atomic E-state index is 5.41. The van der Waals surface area contributed by atoms with Gasteiger partial charge in [0.15, 0.2) is 0 Å². The number of rotatable bonds is 2. The van der Waals surface area contributed by atoms with Gasteiger partial charge in [0.2, 0.25) is 0 Å². The van der Waals surface area contributed by atoms with Gasteiger partial charge in [0.25, 0.3) is 0 Å². The van der Waals surface area contributed by atoms with Crippen molar-refractivity contribution >= 4 is 22.6 Å². The molecule has 0 saturated heterocycles. The summed E-state index contributed by atoms with van der Waals surface area (Å²) >= 11 is 2.30. The first-order chi connectivity index (χ1) is 5.25. The van der Waals surface area contributed by atoms with Gasteiger partial charge < -0.3 is 4.74 Å². The summed E-state index contributed by atoms with van der Waals surface area (Å²) in [5.74, 6) is 0.994. The van der Waals surface area contributed by atoms with Crippen LogP contribution >= 0.6 is 22.6 Å². The average Bonchev–Trinajstić information content (AvgIpc) is 1.99. The molecule has 1 rings (SSSR count). The lowest BCUT2D eigenvalue weighted by Gasteiger charge is -2.06. The van der Waals surface area contributed by atoms with Gasteiger partial charge in [-0.1, -0.05) is 12.1 Å². The van der Waals surface area contributed by atoms with Crippen molar-refractivity contribution < 1.29 is 4.74 Å². The predicted molar refractivity (Wildman–Crippen MR) is 55.1 cm³/mol. The van der Waals surface area contributed by atoms with E-state index in [1.54, 1.807) is 0 Å². The van der Waals surface area contributed by atoms with Crippen LogP contribution < -0.4 is 4.74 Å². The Hall–Kier alpha value is -0.250. The molecule has 0 heterocycles. The molecular formula is C9H11IO. The van der Waals surface area contributed by atoms with Crippen LogP contribution in [0.5, 0.6) is 5.75 Å². The van der Waals surface area contributed by atoms with Crippen molar-refractivity contribution in [1.82, 2.24) is 0 Å². The van der Waals surface area contributed by atoms with Crippen LogP contribution in [0.15, 0.2) is 18.2 Å². The minimum Gasteiger partial charge on any atom is -0.493 e. The fraction of sp³-hybridized carbons (Fsp3) is 0.333. The molecule has 2 heteroatoms. The van der Waals surface area contributed by atoms with E-state index in [4.69, 9.17) is 4.74 Å². The van der Waals surface area contributed by atoms with Gasteiger partial charge in [-0.25, -0.2) is 0 Å². The fourth-order valence-electron chi connectivity index (χ4n) is 0.887. The van der Waals surface area contributed by atoms with E-state index in [0.717, 1.165) is 12.4 Å². The standard InChI is InChI=1S/C9H11IO/c1-3-11-8-6-4-5-7(2)9(8)10/h4-6H,3H2,1-2H3. The highest BCUT2D eigenvalue weighted by Crippen LogP contribution is 2.23. The number of benzene rings is 1. The highest BCUT2D eigenvalue weighted by molar-refractivity contribution is 14.1. The zero-order chi connectivity index (χ0) is 8.27. The summed E-state index contributed by atoms with van der Waals surface area (Å²) in [5, 5.41) is 0. The molecular weight excluding hydrogens is 251 g/mol. The number of aryl methyl sites for hydroxylation is 1. The van der Waals surface area contributed by atoms with Crippen LogP contribution in [0.1, 0.15) is 12.5 Å². The van der Waals surface area contributed by atoms with E-state index in [9.17, 15) is 0 Å². The van der Waals surface area contributed by atoms with Gasteiger partial charge in [0.05, 0.1) is 10.2 Å². The van der Waals surface area contributed by atoms with Crippen molar-refractivity contribution in [2.24, 2.45) is 0 Å².